The number of hydrogen-bond acceptors (Lipinski definition) is 2. The molecule has 2 rings (SSSR count). The third kappa shape index (κ3) is 1.40. The summed E-state index contributed by atoms with van der Waals surface area (Å²) in [5.74, 6) is 0.956. The molecule has 1 aliphatic rings. The molecule has 2 nitrogen and oxygen atoms in total. The Morgan fingerprint density at radius 1 is 1.50 bits per heavy atom. The molecule has 0 amide bonds. The van der Waals surface area contributed by atoms with Crippen molar-refractivity contribution in [2.24, 2.45) is 0 Å². The fourth-order valence-electron chi connectivity index (χ4n) is 1.33. The van der Waals surface area contributed by atoms with Crippen molar-refractivity contribution < 1.29 is 4.74 Å². The molecule has 0 aromatic heterocycles. The first kappa shape index (κ1) is 7.90. The molecular weight excluding hydrogens is 174 g/mol. The first-order valence-electron chi connectivity index (χ1n) is 3.85. The van der Waals surface area contributed by atoms with Gasteiger partial charge in [-0.25, -0.2) is 0 Å². The minimum atomic E-state index is 0.661. The van der Waals surface area contributed by atoms with Gasteiger partial charge in [0, 0.05) is 17.1 Å². The Labute approximate surface area is 76.7 Å². The second kappa shape index (κ2) is 2.96. The van der Waals surface area contributed by atoms with E-state index < -0.39 is 0 Å². The molecule has 1 aromatic carbocycles. The molecule has 3 heteroatoms. The number of rotatable bonds is 0. The number of benzene rings is 1. The summed E-state index contributed by atoms with van der Waals surface area (Å²) in [4.78, 5) is 2.10. The minimum Gasteiger partial charge on any atom is -0.478 e. The number of nitrogens with zero attached hydrogens (tertiary/aromatic N) is 1. The van der Waals surface area contributed by atoms with E-state index in [1.165, 1.54) is 0 Å². The Bertz CT molecular complexity index is 301. The van der Waals surface area contributed by atoms with Gasteiger partial charge in [0.05, 0.1) is 0 Å². The van der Waals surface area contributed by atoms with Crippen LogP contribution in [0.1, 0.15) is 5.56 Å². The second-order valence-electron chi connectivity index (χ2n) is 3.04. The summed E-state index contributed by atoms with van der Waals surface area (Å²) in [6, 6.07) is 5.73. The van der Waals surface area contributed by atoms with Gasteiger partial charge in [-0.1, -0.05) is 11.6 Å². The van der Waals surface area contributed by atoms with Crippen molar-refractivity contribution in [3.8, 4) is 5.75 Å². The van der Waals surface area contributed by atoms with E-state index in [0.717, 1.165) is 22.9 Å². The van der Waals surface area contributed by atoms with Gasteiger partial charge in [-0.15, -0.1) is 0 Å². The topological polar surface area (TPSA) is 12.5 Å². The number of ether oxygens (including phenoxy) is 1. The molecule has 1 aromatic rings. The maximum absolute atomic E-state index is 5.85. The smallest absolute Gasteiger partial charge is 0.142 e. The van der Waals surface area contributed by atoms with E-state index in [2.05, 4.69) is 4.90 Å². The van der Waals surface area contributed by atoms with Gasteiger partial charge in [-0.3, -0.25) is 4.90 Å². The normalized spacial score (nSPS) is 16.8. The molecule has 0 N–H and O–H groups in total. The van der Waals surface area contributed by atoms with E-state index in [4.69, 9.17) is 16.3 Å². The average molecular weight is 184 g/mol. The van der Waals surface area contributed by atoms with Crippen LogP contribution in [0, 0.1) is 0 Å². The van der Waals surface area contributed by atoms with E-state index in [-0.39, 0.29) is 0 Å². The van der Waals surface area contributed by atoms with E-state index in [1.807, 2.05) is 25.2 Å². The molecule has 0 spiro atoms. The van der Waals surface area contributed by atoms with Gasteiger partial charge in [-0.05, 0) is 25.2 Å². The minimum absolute atomic E-state index is 0.661. The molecule has 0 bridgehead atoms. The van der Waals surface area contributed by atoms with E-state index in [0.29, 0.717) is 6.73 Å². The molecule has 0 aliphatic carbocycles. The predicted octanol–water partition coefficient (Wildman–Crippen LogP) is 2.12. The Morgan fingerprint density at radius 3 is 3.17 bits per heavy atom. The van der Waals surface area contributed by atoms with Gasteiger partial charge in [-0.2, -0.15) is 0 Å². The zero-order valence-electron chi connectivity index (χ0n) is 6.88. The van der Waals surface area contributed by atoms with Crippen LogP contribution in [0.2, 0.25) is 5.02 Å². The summed E-state index contributed by atoms with van der Waals surface area (Å²) in [6.07, 6.45) is 0. The van der Waals surface area contributed by atoms with Gasteiger partial charge in [0.1, 0.15) is 12.5 Å². The van der Waals surface area contributed by atoms with Crippen LogP contribution >= 0.6 is 11.6 Å². The summed E-state index contributed by atoms with van der Waals surface area (Å²) in [5.41, 5.74) is 1.16. The Morgan fingerprint density at radius 2 is 2.33 bits per heavy atom. The van der Waals surface area contributed by atoms with Crippen molar-refractivity contribution >= 4 is 11.6 Å². The lowest BCUT2D eigenvalue weighted by molar-refractivity contribution is 0.121. The summed E-state index contributed by atoms with van der Waals surface area (Å²) < 4.78 is 5.46. The zero-order chi connectivity index (χ0) is 8.55. The maximum Gasteiger partial charge on any atom is 0.142 e. The quantitative estimate of drug-likeness (QED) is 0.611. The van der Waals surface area contributed by atoms with E-state index in [1.54, 1.807) is 0 Å². The van der Waals surface area contributed by atoms with Crippen LogP contribution in [0.3, 0.4) is 0 Å². The van der Waals surface area contributed by atoms with Crippen LogP contribution in [0.5, 0.6) is 5.75 Å². The van der Waals surface area contributed by atoms with Crippen molar-refractivity contribution in [2.45, 2.75) is 6.54 Å². The number of halogens is 1. The second-order valence-corrected chi connectivity index (χ2v) is 3.48. The van der Waals surface area contributed by atoms with Crippen LogP contribution in [-0.2, 0) is 6.54 Å². The largest absolute Gasteiger partial charge is 0.478 e. The van der Waals surface area contributed by atoms with Crippen LogP contribution in [-0.4, -0.2) is 18.7 Å². The molecular formula is C9H10ClNO. The highest BCUT2D eigenvalue weighted by Gasteiger charge is 2.13. The van der Waals surface area contributed by atoms with Crippen LogP contribution in [0.25, 0.3) is 0 Å². The molecule has 0 saturated carbocycles. The lowest BCUT2D eigenvalue weighted by atomic mass is 10.2. The molecule has 0 atom stereocenters. The summed E-state index contributed by atoms with van der Waals surface area (Å²) in [5, 5.41) is 0.771. The first-order valence-corrected chi connectivity index (χ1v) is 4.23. The maximum atomic E-state index is 5.85. The Balaban J connectivity index is 2.37. The van der Waals surface area contributed by atoms with Gasteiger partial charge >= 0.3 is 0 Å². The molecule has 64 valence electrons. The van der Waals surface area contributed by atoms with Crippen molar-refractivity contribution in [1.29, 1.82) is 0 Å². The molecule has 1 heterocycles. The monoisotopic (exact) mass is 183 g/mol. The standard InChI is InChI=1S/C9H10ClNO/c1-11-5-7-4-8(10)2-3-9(7)12-6-11/h2-4H,5-6H2,1H3. The molecule has 12 heavy (non-hydrogen) atoms. The number of hydrogen-bond donors (Lipinski definition) is 0. The third-order valence-corrected chi connectivity index (χ3v) is 2.14. The van der Waals surface area contributed by atoms with Gasteiger partial charge in [0.25, 0.3) is 0 Å². The molecule has 0 fully saturated rings. The van der Waals surface area contributed by atoms with Gasteiger partial charge < -0.3 is 4.74 Å². The summed E-state index contributed by atoms with van der Waals surface area (Å²) in [7, 11) is 2.02. The van der Waals surface area contributed by atoms with E-state index >= 15 is 0 Å². The zero-order valence-corrected chi connectivity index (χ0v) is 7.64. The van der Waals surface area contributed by atoms with Crippen LogP contribution in [0.4, 0.5) is 0 Å². The van der Waals surface area contributed by atoms with Gasteiger partial charge in [0.2, 0.25) is 0 Å². The highest BCUT2D eigenvalue weighted by atomic mass is 35.5. The first-order chi connectivity index (χ1) is 5.75. The SMILES string of the molecule is CN1COc2ccc(Cl)cc2C1. The van der Waals surface area contributed by atoms with Crippen LogP contribution < -0.4 is 4.74 Å². The Kier molecular flexibility index (Phi) is 1.95. The molecule has 1 aliphatic heterocycles. The molecule has 0 saturated heterocycles. The molecule has 0 unspecified atom stereocenters. The summed E-state index contributed by atoms with van der Waals surface area (Å²) in [6.45, 7) is 1.57. The van der Waals surface area contributed by atoms with Crippen molar-refractivity contribution in [3.63, 3.8) is 0 Å². The average Bonchev–Trinajstić information content (AvgIpc) is 2.03. The van der Waals surface area contributed by atoms with E-state index in [9.17, 15) is 0 Å². The Hall–Kier alpha value is -0.730. The van der Waals surface area contributed by atoms with Crippen LogP contribution in [0.15, 0.2) is 18.2 Å². The highest BCUT2D eigenvalue weighted by molar-refractivity contribution is 6.30. The lowest BCUT2D eigenvalue weighted by Gasteiger charge is -2.25. The van der Waals surface area contributed by atoms with Gasteiger partial charge in [0.15, 0.2) is 0 Å². The number of fused-ring (bicyclic) bond motifs is 1. The highest BCUT2D eigenvalue weighted by Crippen LogP contribution is 2.26. The molecule has 0 radical (unpaired) electrons. The predicted molar refractivity (Wildman–Crippen MR) is 48.4 cm³/mol. The fraction of sp³-hybridized carbons (Fsp3) is 0.333. The van der Waals surface area contributed by atoms with Crippen molar-refractivity contribution in [3.05, 3.63) is 28.8 Å². The van der Waals surface area contributed by atoms with Crippen molar-refractivity contribution in [2.75, 3.05) is 13.8 Å². The summed E-state index contributed by atoms with van der Waals surface area (Å²) >= 11 is 5.85. The third-order valence-electron chi connectivity index (χ3n) is 1.90. The lowest BCUT2D eigenvalue weighted by Crippen LogP contribution is -2.27. The fourth-order valence-corrected chi connectivity index (χ4v) is 1.52. The van der Waals surface area contributed by atoms with Crippen molar-refractivity contribution in [1.82, 2.24) is 4.90 Å².